The summed E-state index contributed by atoms with van der Waals surface area (Å²) in [7, 11) is 2.05. The molecule has 0 saturated heterocycles. The van der Waals surface area contributed by atoms with Crippen LogP contribution in [0, 0.1) is 0 Å². The second-order valence-corrected chi connectivity index (χ2v) is 6.04. The van der Waals surface area contributed by atoms with Gasteiger partial charge in [0.1, 0.15) is 5.75 Å². The molecule has 134 valence electrons. The second kappa shape index (κ2) is 9.03. The zero-order chi connectivity index (χ0) is 18.2. The highest BCUT2D eigenvalue weighted by Gasteiger charge is 2.10. The van der Waals surface area contributed by atoms with Crippen molar-refractivity contribution in [3.05, 3.63) is 42.6 Å². The average Bonchev–Trinajstić information content (AvgIpc) is 2.95. The molecule has 0 radical (unpaired) electrons. The lowest BCUT2D eigenvalue weighted by Crippen LogP contribution is -2.20. The Morgan fingerprint density at radius 2 is 2.16 bits per heavy atom. The topological polar surface area (TPSA) is 82.6 Å². The number of carbonyl (C=O) groups is 2. The number of esters is 1. The molecule has 1 heterocycles. The van der Waals surface area contributed by atoms with Gasteiger partial charge in [-0.3, -0.25) is 9.59 Å². The number of carbonyl (C=O) groups excluding carboxylic acids is 1. The Bertz CT molecular complexity index is 751. The molecule has 6 nitrogen and oxygen atoms in total. The standard InChI is InChI=1S/C19H24N2O4/c1-3-10-21(2)11-9-14-13-20-17-12-15(7-8-16(14)17)25-19(24)6-4-5-18(22)23/h3,7-8,12-13,20H,1,4-6,9-11H2,2H3,(H,22,23). The van der Waals surface area contributed by atoms with Crippen molar-refractivity contribution in [1.29, 1.82) is 0 Å². The van der Waals surface area contributed by atoms with E-state index in [-0.39, 0.29) is 19.3 Å². The zero-order valence-corrected chi connectivity index (χ0v) is 14.5. The minimum Gasteiger partial charge on any atom is -0.481 e. The number of rotatable bonds is 10. The van der Waals surface area contributed by atoms with Crippen LogP contribution >= 0.6 is 0 Å². The lowest BCUT2D eigenvalue weighted by molar-refractivity contribution is -0.137. The molecule has 0 unspecified atom stereocenters. The molecule has 0 aliphatic carbocycles. The van der Waals surface area contributed by atoms with E-state index in [2.05, 4.69) is 23.5 Å². The van der Waals surface area contributed by atoms with E-state index in [1.54, 1.807) is 12.1 Å². The smallest absolute Gasteiger partial charge is 0.311 e. The molecule has 0 aliphatic rings. The highest BCUT2D eigenvalue weighted by atomic mass is 16.5. The van der Waals surface area contributed by atoms with E-state index in [1.165, 1.54) is 5.56 Å². The Morgan fingerprint density at radius 3 is 2.88 bits per heavy atom. The van der Waals surface area contributed by atoms with E-state index in [0.29, 0.717) is 5.75 Å². The van der Waals surface area contributed by atoms with Crippen molar-refractivity contribution in [2.75, 3.05) is 20.1 Å². The lowest BCUT2D eigenvalue weighted by Gasteiger charge is -2.13. The van der Waals surface area contributed by atoms with Crippen molar-refractivity contribution in [2.45, 2.75) is 25.7 Å². The number of ether oxygens (including phenoxy) is 1. The normalized spacial score (nSPS) is 11.0. The monoisotopic (exact) mass is 344 g/mol. The molecule has 0 bridgehead atoms. The summed E-state index contributed by atoms with van der Waals surface area (Å²) in [5.41, 5.74) is 2.13. The number of aliphatic carboxylic acids is 1. The van der Waals surface area contributed by atoms with Gasteiger partial charge >= 0.3 is 11.9 Å². The molecule has 1 aromatic heterocycles. The first-order valence-corrected chi connectivity index (χ1v) is 8.31. The van der Waals surface area contributed by atoms with Crippen molar-refractivity contribution < 1.29 is 19.4 Å². The summed E-state index contributed by atoms with van der Waals surface area (Å²) in [5, 5.41) is 9.69. The number of fused-ring (bicyclic) bond motifs is 1. The van der Waals surface area contributed by atoms with Crippen LogP contribution in [0.25, 0.3) is 10.9 Å². The Hall–Kier alpha value is -2.60. The van der Waals surface area contributed by atoms with Crippen molar-refractivity contribution >= 4 is 22.8 Å². The van der Waals surface area contributed by atoms with Crippen molar-refractivity contribution in [2.24, 2.45) is 0 Å². The van der Waals surface area contributed by atoms with Gasteiger partial charge in [-0.1, -0.05) is 6.08 Å². The minimum atomic E-state index is -0.910. The van der Waals surface area contributed by atoms with Crippen LogP contribution in [0.5, 0.6) is 5.75 Å². The molecule has 0 saturated carbocycles. The van der Waals surface area contributed by atoms with Gasteiger partial charge in [-0.05, 0) is 37.6 Å². The van der Waals surface area contributed by atoms with Gasteiger partial charge in [0, 0.05) is 49.1 Å². The molecular weight excluding hydrogens is 320 g/mol. The van der Waals surface area contributed by atoms with Gasteiger partial charge in [0.05, 0.1) is 0 Å². The summed E-state index contributed by atoms with van der Waals surface area (Å²) in [6.45, 7) is 5.52. The number of benzene rings is 1. The summed E-state index contributed by atoms with van der Waals surface area (Å²) in [6, 6.07) is 5.50. The number of nitrogens with zero attached hydrogens (tertiary/aromatic N) is 1. The Labute approximate surface area is 147 Å². The predicted molar refractivity (Wildman–Crippen MR) is 96.8 cm³/mol. The SMILES string of the molecule is C=CCN(C)CCc1c[nH]c2cc(OC(=O)CCCC(=O)O)ccc12. The third kappa shape index (κ3) is 5.76. The summed E-state index contributed by atoms with van der Waals surface area (Å²) in [6.07, 6.45) is 5.11. The number of carboxylic acid groups (broad SMARTS) is 1. The number of likely N-dealkylation sites (N-methyl/N-ethyl adjacent to an activating group) is 1. The first-order chi connectivity index (χ1) is 12.0. The lowest BCUT2D eigenvalue weighted by atomic mass is 10.1. The Morgan fingerprint density at radius 1 is 1.36 bits per heavy atom. The molecule has 25 heavy (non-hydrogen) atoms. The number of H-pyrrole nitrogens is 1. The molecule has 0 fully saturated rings. The third-order valence-electron chi connectivity index (χ3n) is 3.95. The highest BCUT2D eigenvalue weighted by molar-refractivity contribution is 5.85. The van der Waals surface area contributed by atoms with Gasteiger partial charge in [-0.25, -0.2) is 0 Å². The maximum Gasteiger partial charge on any atom is 0.311 e. The number of carboxylic acids is 1. The summed E-state index contributed by atoms with van der Waals surface area (Å²) in [4.78, 5) is 27.6. The molecule has 2 aromatic rings. The fourth-order valence-corrected chi connectivity index (χ4v) is 2.63. The van der Waals surface area contributed by atoms with Gasteiger partial charge < -0.3 is 19.7 Å². The van der Waals surface area contributed by atoms with E-state index >= 15 is 0 Å². The number of aromatic nitrogens is 1. The van der Waals surface area contributed by atoms with Crippen LogP contribution < -0.4 is 4.74 Å². The van der Waals surface area contributed by atoms with E-state index < -0.39 is 11.9 Å². The number of hydrogen-bond donors (Lipinski definition) is 2. The first kappa shape index (κ1) is 18.7. The van der Waals surface area contributed by atoms with Gasteiger partial charge in [0.2, 0.25) is 0 Å². The number of nitrogens with one attached hydrogen (secondary N) is 1. The predicted octanol–water partition coefficient (Wildman–Crippen LogP) is 2.99. The van der Waals surface area contributed by atoms with Crippen LogP contribution in [0.1, 0.15) is 24.8 Å². The molecule has 2 rings (SSSR count). The molecular formula is C19H24N2O4. The van der Waals surface area contributed by atoms with E-state index in [9.17, 15) is 9.59 Å². The average molecular weight is 344 g/mol. The third-order valence-corrected chi connectivity index (χ3v) is 3.95. The summed E-state index contributed by atoms with van der Waals surface area (Å²) < 4.78 is 5.27. The second-order valence-electron chi connectivity index (χ2n) is 6.04. The zero-order valence-electron chi connectivity index (χ0n) is 14.5. The number of hydrogen-bond acceptors (Lipinski definition) is 4. The fourth-order valence-electron chi connectivity index (χ4n) is 2.63. The highest BCUT2D eigenvalue weighted by Crippen LogP contribution is 2.24. The van der Waals surface area contributed by atoms with Crippen molar-refractivity contribution in [1.82, 2.24) is 9.88 Å². The molecule has 0 atom stereocenters. The van der Waals surface area contributed by atoms with E-state index in [4.69, 9.17) is 9.84 Å². The van der Waals surface area contributed by atoms with E-state index in [1.807, 2.05) is 18.3 Å². The first-order valence-electron chi connectivity index (χ1n) is 8.31. The van der Waals surface area contributed by atoms with Crippen LogP contribution in [-0.4, -0.2) is 47.1 Å². The maximum atomic E-state index is 11.7. The van der Waals surface area contributed by atoms with Crippen LogP contribution in [0.15, 0.2) is 37.1 Å². The molecule has 1 aromatic carbocycles. The number of aromatic amines is 1. The summed E-state index contributed by atoms with van der Waals surface area (Å²) in [5.74, 6) is -0.865. The van der Waals surface area contributed by atoms with Crippen molar-refractivity contribution in [3.8, 4) is 5.75 Å². The molecule has 6 heteroatoms. The maximum absolute atomic E-state index is 11.7. The van der Waals surface area contributed by atoms with Crippen LogP contribution in [0.4, 0.5) is 0 Å². The van der Waals surface area contributed by atoms with Crippen molar-refractivity contribution in [3.63, 3.8) is 0 Å². The van der Waals surface area contributed by atoms with Gasteiger partial charge in [-0.2, -0.15) is 0 Å². The van der Waals surface area contributed by atoms with Crippen LogP contribution in [0.2, 0.25) is 0 Å². The molecule has 0 spiro atoms. The minimum absolute atomic E-state index is 0.0333. The van der Waals surface area contributed by atoms with Gasteiger partial charge in [-0.15, -0.1) is 6.58 Å². The van der Waals surface area contributed by atoms with E-state index in [0.717, 1.165) is 30.4 Å². The van der Waals surface area contributed by atoms with Gasteiger partial charge in [0.15, 0.2) is 0 Å². The van der Waals surface area contributed by atoms with Gasteiger partial charge in [0.25, 0.3) is 0 Å². The van der Waals surface area contributed by atoms with Crippen LogP contribution in [0.3, 0.4) is 0 Å². The molecule has 2 N–H and O–H groups in total. The quantitative estimate of drug-likeness (QED) is 0.393. The van der Waals surface area contributed by atoms with Crippen LogP contribution in [-0.2, 0) is 16.0 Å². The summed E-state index contributed by atoms with van der Waals surface area (Å²) >= 11 is 0. The Balaban J connectivity index is 1.95. The molecule has 0 amide bonds. The fraction of sp³-hybridized carbons (Fsp3) is 0.368. The molecule has 0 aliphatic heterocycles. The Kier molecular flexibility index (Phi) is 6.77. The largest absolute Gasteiger partial charge is 0.481 e.